The van der Waals surface area contributed by atoms with Crippen molar-refractivity contribution in [2.75, 3.05) is 20.3 Å². The maximum atomic E-state index is 12.7. The van der Waals surface area contributed by atoms with Crippen molar-refractivity contribution in [1.82, 2.24) is 15.0 Å². The minimum absolute atomic E-state index is 0.181. The normalized spacial score (nSPS) is 12.7. The van der Waals surface area contributed by atoms with Crippen LogP contribution in [0.25, 0.3) is 11.4 Å². The van der Waals surface area contributed by atoms with Gasteiger partial charge in [-0.05, 0) is 30.3 Å². The van der Waals surface area contributed by atoms with E-state index in [0.717, 1.165) is 5.56 Å². The second-order valence-corrected chi connectivity index (χ2v) is 6.48. The molecule has 1 aliphatic heterocycles. The zero-order valence-electron chi connectivity index (χ0n) is 14.5. The first-order valence-corrected chi connectivity index (χ1v) is 8.71. The van der Waals surface area contributed by atoms with Crippen LogP contribution in [0.2, 0.25) is 5.02 Å². The van der Waals surface area contributed by atoms with Crippen molar-refractivity contribution in [3.63, 3.8) is 0 Å². The smallest absolute Gasteiger partial charge is 0.254 e. The van der Waals surface area contributed by atoms with Gasteiger partial charge in [0.15, 0.2) is 11.5 Å². The lowest BCUT2D eigenvalue weighted by Gasteiger charge is -2.20. The number of ether oxygens (including phenoxy) is 2. The second-order valence-electron chi connectivity index (χ2n) is 6.04. The highest BCUT2D eigenvalue weighted by Crippen LogP contribution is 2.31. The van der Waals surface area contributed by atoms with Crippen LogP contribution >= 0.6 is 11.6 Å². The summed E-state index contributed by atoms with van der Waals surface area (Å²) in [5.41, 5.74) is 1.25. The van der Waals surface area contributed by atoms with Gasteiger partial charge in [0.2, 0.25) is 11.7 Å². The highest BCUT2D eigenvalue weighted by Gasteiger charge is 2.19. The van der Waals surface area contributed by atoms with Gasteiger partial charge in [-0.25, -0.2) is 0 Å². The highest BCUT2D eigenvalue weighted by atomic mass is 35.5. The van der Waals surface area contributed by atoms with Gasteiger partial charge in [0, 0.05) is 23.2 Å². The Kier molecular flexibility index (Phi) is 4.68. The summed E-state index contributed by atoms with van der Waals surface area (Å²) >= 11 is 5.99. The molecule has 0 saturated heterocycles. The summed E-state index contributed by atoms with van der Waals surface area (Å²) in [6.45, 7) is 1.15. The number of nitrogens with zero attached hydrogens (tertiary/aromatic N) is 3. The molecule has 0 fully saturated rings. The molecule has 27 heavy (non-hydrogen) atoms. The number of carbonyl (C=O) groups is 1. The van der Waals surface area contributed by atoms with Crippen LogP contribution in [0.3, 0.4) is 0 Å². The zero-order chi connectivity index (χ0) is 18.8. The van der Waals surface area contributed by atoms with E-state index in [4.69, 9.17) is 25.6 Å². The Morgan fingerprint density at radius 3 is 2.78 bits per heavy atom. The van der Waals surface area contributed by atoms with Gasteiger partial charge in [-0.2, -0.15) is 4.98 Å². The first-order valence-electron chi connectivity index (χ1n) is 8.34. The Hall–Kier alpha value is -3.06. The van der Waals surface area contributed by atoms with Crippen molar-refractivity contribution in [2.45, 2.75) is 6.54 Å². The van der Waals surface area contributed by atoms with Gasteiger partial charge < -0.3 is 18.9 Å². The van der Waals surface area contributed by atoms with Gasteiger partial charge >= 0.3 is 0 Å². The Balaban J connectivity index is 1.47. The van der Waals surface area contributed by atoms with Crippen molar-refractivity contribution in [1.29, 1.82) is 0 Å². The number of halogens is 1. The van der Waals surface area contributed by atoms with Crippen LogP contribution in [-0.4, -0.2) is 41.2 Å². The van der Waals surface area contributed by atoms with Crippen molar-refractivity contribution in [3.05, 3.63) is 58.9 Å². The number of rotatable bonds is 4. The van der Waals surface area contributed by atoms with Crippen LogP contribution in [0.15, 0.2) is 47.0 Å². The summed E-state index contributed by atoms with van der Waals surface area (Å²) < 4.78 is 16.3. The lowest BCUT2D eigenvalue weighted by Crippen LogP contribution is -2.26. The number of fused-ring (bicyclic) bond motifs is 1. The zero-order valence-corrected chi connectivity index (χ0v) is 15.3. The SMILES string of the molecule is CN(Cc1nc(-c2cccc(Cl)c2)no1)C(=O)c1ccc2c(c1)OCCO2. The molecule has 2 heterocycles. The predicted molar refractivity (Wildman–Crippen MR) is 98.0 cm³/mol. The molecular weight excluding hydrogens is 370 g/mol. The molecule has 0 saturated carbocycles. The van der Waals surface area contributed by atoms with Gasteiger partial charge in [-0.3, -0.25) is 4.79 Å². The summed E-state index contributed by atoms with van der Waals surface area (Å²) in [6.07, 6.45) is 0. The first kappa shape index (κ1) is 17.4. The fourth-order valence-corrected chi connectivity index (χ4v) is 2.93. The third-order valence-corrected chi connectivity index (χ3v) is 4.29. The average molecular weight is 386 g/mol. The van der Waals surface area contributed by atoms with E-state index in [2.05, 4.69) is 10.1 Å². The molecule has 0 aliphatic carbocycles. The molecule has 4 rings (SSSR count). The maximum Gasteiger partial charge on any atom is 0.254 e. The van der Waals surface area contributed by atoms with Crippen LogP contribution in [0, 0.1) is 0 Å². The van der Waals surface area contributed by atoms with E-state index < -0.39 is 0 Å². The van der Waals surface area contributed by atoms with Gasteiger partial charge in [0.1, 0.15) is 13.2 Å². The molecule has 0 spiro atoms. The number of hydrogen-bond acceptors (Lipinski definition) is 6. The Bertz CT molecular complexity index is 989. The molecule has 7 nitrogen and oxygen atoms in total. The number of carbonyl (C=O) groups excluding carboxylic acids is 1. The van der Waals surface area contributed by atoms with Gasteiger partial charge in [0.25, 0.3) is 5.91 Å². The van der Waals surface area contributed by atoms with Crippen LogP contribution in [-0.2, 0) is 6.54 Å². The molecule has 0 bridgehead atoms. The molecule has 0 radical (unpaired) electrons. The molecule has 1 amide bonds. The minimum Gasteiger partial charge on any atom is -0.486 e. The monoisotopic (exact) mass is 385 g/mol. The third-order valence-electron chi connectivity index (χ3n) is 4.06. The van der Waals surface area contributed by atoms with Crippen LogP contribution in [0.1, 0.15) is 16.2 Å². The molecule has 1 aromatic heterocycles. The highest BCUT2D eigenvalue weighted by molar-refractivity contribution is 6.30. The van der Waals surface area contributed by atoms with Crippen molar-refractivity contribution >= 4 is 17.5 Å². The number of hydrogen-bond donors (Lipinski definition) is 0. The number of benzene rings is 2. The molecule has 8 heteroatoms. The van der Waals surface area contributed by atoms with Crippen LogP contribution in [0.5, 0.6) is 11.5 Å². The van der Waals surface area contributed by atoms with Gasteiger partial charge in [-0.15, -0.1) is 0 Å². The summed E-state index contributed by atoms with van der Waals surface area (Å²) in [4.78, 5) is 18.5. The lowest BCUT2D eigenvalue weighted by atomic mass is 10.1. The van der Waals surface area contributed by atoms with Crippen molar-refractivity contribution in [3.8, 4) is 22.9 Å². The maximum absolute atomic E-state index is 12.7. The molecule has 138 valence electrons. The fourth-order valence-electron chi connectivity index (χ4n) is 2.74. The van der Waals surface area contributed by atoms with E-state index in [-0.39, 0.29) is 12.5 Å². The predicted octanol–water partition coefficient (Wildman–Crippen LogP) is 3.43. The largest absolute Gasteiger partial charge is 0.486 e. The van der Waals surface area contributed by atoms with Gasteiger partial charge in [0.05, 0.1) is 6.54 Å². The number of aromatic nitrogens is 2. The summed E-state index contributed by atoms with van der Waals surface area (Å²) in [7, 11) is 1.67. The van der Waals surface area contributed by atoms with E-state index in [1.54, 1.807) is 37.4 Å². The topological polar surface area (TPSA) is 77.7 Å². The molecular formula is C19H16ClN3O4. The summed E-state index contributed by atoms with van der Waals surface area (Å²) in [5.74, 6) is 1.78. The molecule has 1 aliphatic rings. The Labute approximate surface area is 160 Å². The van der Waals surface area contributed by atoms with Crippen molar-refractivity contribution < 1.29 is 18.8 Å². The Morgan fingerprint density at radius 1 is 1.15 bits per heavy atom. The van der Waals surface area contributed by atoms with Crippen LogP contribution in [0.4, 0.5) is 0 Å². The van der Waals surface area contributed by atoms with E-state index in [1.807, 2.05) is 12.1 Å². The summed E-state index contributed by atoms with van der Waals surface area (Å²) in [6, 6.07) is 12.3. The van der Waals surface area contributed by atoms with E-state index in [0.29, 0.717) is 47.0 Å². The van der Waals surface area contributed by atoms with E-state index in [1.165, 1.54) is 4.90 Å². The molecule has 0 N–H and O–H groups in total. The first-order chi connectivity index (χ1) is 13.1. The summed E-state index contributed by atoms with van der Waals surface area (Å²) in [5, 5.41) is 4.54. The fraction of sp³-hybridized carbons (Fsp3) is 0.211. The average Bonchev–Trinajstić information content (AvgIpc) is 3.15. The molecule has 2 aromatic carbocycles. The molecule has 0 atom stereocenters. The molecule has 3 aromatic rings. The third kappa shape index (κ3) is 3.73. The van der Waals surface area contributed by atoms with Crippen molar-refractivity contribution in [2.24, 2.45) is 0 Å². The Morgan fingerprint density at radius 2 is 1.96 bits per heavy atom. The number of amides is 1. The second kappa shape index (κ2) is 7.28. The van der Waals surface area contributed by atoms with E-state index >= 15 is 0 Å². The minimum atomic E-state index is -0.186. The molecule has 0 unspecified atom stereocenters. The van der Waals surface area contributed by atoms with E-state index in [9.17, 15) is 4.79 Å². The standard InChI is InChI=1S/C19H16ClN3O4/c1-23(19(24)13-5-6-15-16(10-13)26-8-7-25-15)11-17-21-18(22-27-17)12-3-2-4-14(20)9-12/h2-6,9-10H,7-8,11H2,1H3. The quantitative estimate of drug-likeness (QED) is 0.684. The van der Waals surface area contributed by atoms with Gasteiger partial charge in [-0.1, -0.05) is 28.9 Å². The lowest BCUT2D eigenvalue weighted by molar-refractivity contribution is 0.0768. The van der Waals surface area contributed by atoms with Crippen LogP contribution < -0.4 is 9.47 Å².